The summed E-state index contributed by atoms with van der Waals surface area (Å²) in [7, 11) is 0. The normalized spacial score (nSPS) is 11.8. The summed E-state index contributed by atoms with van der Waals surface area (Å²) >= 11 is 0. The van der Waals surface area contributed by atoms with Crippen molar-refractivity contribution in [2.75, 3.05) is 26.4 Å². The Bertz CT molecular complexity index is 543. The van der Waals surface area contributed by atoms with Crippen LogP contribution in [0.1, 0.15) is 31.4 Å². The lowest BCUT2D eigenvalue weighted by Gasteiger charge is -2.36. The van der Waals surface area contributed by atoms with Gasteiger partial charge in [-0.05, 0) is 37.9 Å². The van der Waals surface area contributed by atoms with Crippen molar-refractivity contribution in [1.29, 1.82) is 0 Å². The first kappa shape index (κ1) is 19.6. The first-order valence-corrected chi connectivity index (χ1v) is 8.95. The lowest BCUT2D eigenvalue weighted by Crippen LogP contribution is -2.37. The molecule has 0 fully saturated rings. The summed E-state index contributed by atoms with van der Waals surface area (Å²) in [5, 5.41) is 0. The fraction of sp³-hybridized carbons (Fsp3) is 0.429. The summed E-state index contributed by atoms with van der Waals surface area (Å²) in [6.45, 7) is 5.91. The average molecular weight is 343 g/mol. The minimum Gasteiger partial charge on any atom is -0.360 e. The van der Waals surface area contributed by atoms with Crippen LogP contribution < -0.4 is 5.73 Å². The molecular weight excluding hydrogens is 314 g/mol. The van der Waals surface area contributed by atoms with E-state index in [2.05, 4.69) is 24.3 Å². The molecule has 4 nitrogen and oxygen atoms in total. The highest BCUT2D eigenvalue weighted by atomic mass is 16.7. The molecule has 0 amide bonds. The van der Waals surface area contributed by atoms with Crippen LogP contribution in [0.15, 0.2) is 60.7 Å². The molecule has 0 radical (unpaired) electrons. The molecular formula is C21H29NO3. The number of ether oxygens (including phenoxy) is 3. The van der Waals surface area contributed by atoms with Crippen molar-refractivity contribution >= 4 is 0 Å². The maximum Gasteiger partial charge on any atom is 0.180 e. The summed E-state index contributed by atoms with van der Waals surface area (Å²) in [6, 6.07) is 20.4. The topological polar surface area (TPSA) is 53.7 Å². The van der Waals surface area contributed by atoms with Crippen LogP contribution in [-0.4, -0.2) is 32.7 Å². The van der Waals surface area contributed by atoms with Crippen LogP contribution >= 0.6 is 0 Å². The highest BCUT2D eigenvalue weighted by Crippen LogP contribution is 2.37. The monoisotopic (exact) mass is 343 g/mol. The van der Waals surface area contributed by atoms with E-state index in [1.165, 1.54) is 0 Å². The van der Waals surface area contributed by atoms with Gasteiger partial charge in [-0.25, -0.2) is 0 Å². The maximum absolute atomic E-state index is 6.48. The van der Waals surface area contributed by atoms with Crippen LogP contribution in [0.3, 0.4) is 0 Å². The maximum atomic E-state index is 6.48. The van der Waals surface area contributed by atoms with Gasteiger partial charge in [-0.2, -0.15) is 0 Å². The van der Waals surface area contributed by atoms with Crippen molar-refractivity contribution in [1.82, 2.24) is 0 Å². The van der Waals surface area contributed by atoms with E-state index in [0.717, 1.165) is 11.1 Å². The molecule has 2 aromatic carbocycles. The predicted octanol–water partition coefficient (Wildman–Crippen LogP) is 3.69. The highest BCUT2D eigenvalue weighted by Gasteiger charge is 2.35. The Hall–Kier alpha value is -1.72. The van der Waals surface area contributed by atoms with E-state index in [1.807, 2.05) is 50.2 Å². The second-order valence-corrected chi connectivity index (χ2v) is 5.75. The van der Waals surface area contributed by atoms with E-state index in [4.69, 9.17) is 19.9 Å². The lowest BCUT2D eigenvalue weighted by molar-refractivity contribution is -0.189. The Morgan fingerprint density at radius 1 is 0.840 bits per heavy atom. The van der Waals surface area contributed by atoms with Gasteiger partial charge in [0.15, 0.2) is 6.29 Å². The molecule has 2 rings (SSSR count). The number of hydrogen-bond acceptors (Lipinski definition) is 4. The van der Waals surface area contributed by atoms with E-state index in [0.29, 0.717) is 32.8 Å². The molecule has 0 unspecified atom stereocenters. The molecule has 2 N–H and O–H groups in total. The number of benzene rings is 2. The van der Waals surface area contributed by atoms with Gasteiger partial charge in [0.25, 0.3) is 0 Å². The zero-order chi connectivity index (χ0) is 18.0. The number of nitrogens with two attached hydrogens (primary N) is 1. The van der Waals surface area contributed by atoms with Crippen molar-refractivity contribution in [2.45, 2.75) is 32.2 Å². The smallest absolute Gasteiger partial charge is 0.180 e. The minimum atomic E-state index is -0.621. The highest BCUT2D eigenvalue weighted by molar-refractivity contribution is 5.36. The van der Waals surface area contributed by atoms with Crippen molar-refractivity contribution in [3.05, 3.63) is 71.8 Å². The van der Waals surface area contributed by atoms with Gasteiger partial charge in [-0.15, -0.1) is 0 Å². The molecule has 2 aromatic rings. The van der Waals surface area contributed by atoms with Crippen LogP contribution in [0.2, 0.25) is 0 Å². The molecule has 0 spiro atoms. The number of rotatable bonds is 11. The van der Waals surface area contributed by atoms with Gasteiger partial charge < -0.3 is 19.9 Å². The lowest BCUT2D eigenvalue weighted by atomic mass is 9.83. The average Bonchev–Trinajstić information content (AvgIpc) is 2.67. The molecule has 4 heteroatoms. The fourth-order valence-electron chi connectivity index (χ4n) is 3.04. The summed E-state index contributed by atoms with van der Waals surface area (Å²) in [5.41, 5.74) is 7.51. The molecule has 0 aliphatic carbocycles. The molecule has 25 heavy (non-hydrogen) atoms. The molecule has 0 saturated heterocycles. The quantitative estimate of drug-likeness (QED) is 0.632. The Morgan fingerprint density at radius 2 is 1.32 bits per heavy atom. The standard InChI is InChI=1S/C21H29NO3/c1-3-23-20(24-4-2)17-25-21(15-16-22,18-11-7-5-8-12-18)19-13-9-6-10-14-19/h5-14,20H,3-4,15-17,22H2,1-2H3. The second-order valence-electron chi connectivity index (χ2n) is 5.75. The van der Waals surface area contributed by atoms with Gasteiger partial charge in [-0.3, -0.25) is 0 Å². The van der Waals surface area contributed by atoms with Gasteiger partial charge in [0.1, 0.15) is 5.60 Å². The first-order valence-electron chi connectivity index (χ1n) is 8.95. The molecule has 0 saturated carbocycles. The third-order valence-corrected chi connectivity index (χ3v) is 4.15. The summed E-state index contributed by atoms with van der Waals surface area (Å²) in [4.78, 5) is 0. The summed E-state index contributed by atoms with van der Waals surface area (Å²) in [6.07, 6.45) is 0.283. The molecule has 0 bridgehead atoms. The van der Waals surface area contributed by atoms with Gasteiger partial charge in [0.05, 0.1) is 6.61 Å². The Morgan fingerprint density at radius 3 is 1.72 bits per heavy atom. The Balaban J connectivity index is 2.37. The van der Waals surface area contributed by atoms with Gasteiger partial charge >= 0.3 is 0 Å². The van der Waals surface area contributed by atoms with E-state index >= 15 is 0 Å². The zero-order valence-corrected chi connectivity index (χ0v) is 15.2. The Labute approximate surface area is 150 Å². The van der Waals surface area contributed by atoms with Crippen molar-refractivity contribution in [3.63, 3.8) is 0 Å². The predicted molar refractivity (Wildman–Crippen MR) is 100 cm³/mol. The summed E-state index contributed by atoms with van der Waals surface area (Å²) in [5.74, 6) is 0. The number of hydrogen-bond donors (Lipinski definition) is 1. The molecule has 0 atom stereocenters. The van der Waals surface area contributed by atoms with Gasteiger partial charge in [-0.1, -0.05) is 60.7 Å². The Kier molecular flexibility index (Phi) is 8.09. The molecule has 0 aromatic heterocycles. The third-order valence-electron chi connectivity index (χ3n) is 4.15. The van der Waals surface area contributed by atoms with Crippen LogP contribution in [0, 0.1) is 0 Å². The molecule has 136 valence electrons. The van der Waals surface area contributed by atoms with E-state index in [9.17, 15) is 0 Å². The van der Waals surface area contributed by atoms with Crippen LogP contribution in [-0.2, 0) is 19.8 Å². The van der Waals surface area contributed by atoms with E-state index < -0.39 is 5.60 Å². The van der Waals surface area contributed by atoms with Crippen molar-refractivity contribution in [2.24, 2.45) is 5.73 Å². The van der Waals surface area contributed by atoms with Crippen LogP contribution in [0.4, 0.5) is 0 Å². The minimum absolute atomic E-state index is 0.339. The molecule has 0 heterocycles. The van der Waals surface area contributed by atoms with Crippen LogP contribution in [0.5, 0.6) is 0 Å². The van der Waals surface area contributed by atoms with Crippen molar-refractivity contribution < 1.29 is 14.2 Å². The van der Waals surface area contributed by atoms with Gasteiger partial charge in [0.2, 0.25) is 0 Å². The molecule has 0 aliphatic heterocycles. The second kappa shape index (κ2) is 10.3. The van der Waals surface area contributed by atoms with E-state index in [-0.39, 0.29) is 6.29 Å². The van der Waals surface area contributed by atoms with Crippen LogP contribution in [0.25, 0.3) is 0 Å². The third kappa shape index (κ3) is 5.13. The SMILES string of the molecule is CCOC(COC(CCN)(c1ccccc1)c1ccccc1)OCC. The summed E-state index contributed by atoms with van der Waals surface area (Å²) < 4.78 is 17.8. The molecule has 0 aliphatic rings. The largest absolute Gasteiger partial charge is 0.360 e. The fourth-order valence-corrected chi connectivity index (χ4v) is 3.04. The zero-order valence-electron chi connectivity index (χ0n) is 15.2. The first-order chi connectivity index (χ1) is 12.3. The van der Waals surface area contributed by atoms with Crippen molar-refractivity contribution in [3.8, 4) is 0 Å². The van der Waals surface area contributed by atoms with Gasteiger partial charge in [0, 0.05) is 13.2 Å². The van der Waals surface area contributed by atoms with E-state index in [1.54, 1.807) is 0 Å².